The van der Waals surface area contributed by atoms with Crippen molar-refractivity contribution in [3.8, 4) is 28.3 Å². The Morgan fingerprint density at radius 1 is 0.889 bits per heavy atom. The predicted octanol–water partition coefficient (Wildman–Crippen LogP) is 5.54. The van der Waals surface area contributed by atoms with Crippen molar-refractivity contribution in [1.29, 1.82) is 0 Å². The van der Waals surface area contributed by atoms with Gasteiger partial charge in [-0.25, -0.2) is 9.97 Å². The molecule has 4 aromatic rings. The summed E-state index contributed by atoms with van der Waals surface area (Å²) < 4.78 is 2.30. The first-order valence-corrected chi connectivity index (χ1v) is 9.40. The van der Waals surface area contributed by atoms with Crippen molar-refractivity contribution in [2.24, 2.45) is 0 Å². The van der Waals surface area contributed by atoms with Crippen molar-refractivity contribution >= 4 is 11.5 Å². The van der Waals surface area contributed by atoms with Gasteiger partial charge in [-0.05, 0) is 37.1 Å². The minimum atomic E-state index is 0.555. The highest BCUT2D eigenvalue weighted by Gasteiger charge is 2.34. The van der Waals surface area contributed by atoms with Gasteiger partial charge in [0, 0.05) is 23.2 Å². The number of hydrogen-bond acceptors (Lipinski definition) is 3. The molecule has 0 saturated heterocycles. The van der Waals surface area contributed by atoms with E-state index in [0.717, 1.165) is 28.6 Å². The number of fused-ring (bicyclic) bond motifs is 5. The van der Waals surface area contributed by atoms with E-state index >= 15 is 0 Å². The lowest BCUT2D eigenvalue weighted by Crippen LogP contribution is -2.02. The fraction of sp³-hybridized carbons (Fsp3) is 0.130. The molecule has 2 aromatic carbocycles. The molecule has 1 aliphatic carbocycles. The summed E-state index contributed by atoms with van der Waals surface area (Å²) >= 11 is 0. The van der Waals surface area contributed by atoms with Crippen LogP contribution in [0.3, 0.4) is 0 Å². The van der Waals surface area contributed by atoms with Crippen LogP contribution in [0, 0.1) is 0 Å². The summed E-state index contributed by atoms with van der Waals surface area (Å²) in [5, 5.41) is 3.51. The molecule has 1 saturated carbocycles. The largest absolute Gasteiger partial charge is 0.338 e. The first-order chi connectivity index (χ1) is 13.4. The second-order valence-electron chi connectivity index (χ2n) is 7.19. The lowest BCUT2D eigenvalue weighted by molar-refractivity contribution is 1.05. The number of benzene rings is 2. The van der Waals surface area contributed by atoms with Gasteiger partial charge in [0.1, 0.15) is 5.82 Å². The van der Waals surface area contributed by atoms with Crippen molar-refractivity contribution in [1.82, 2.24) is 14.5 Å². The van der Waals surface area contributed by atoms with Crippen LogP contribution in [0.15, 0.2) is 72.9 Å². The number of nitrogens with zero attached hydrogens (tertiary/aromatic N) is 3. The summed E-state index contributed by atoms with van der Waals surface area (Å²) in [6.07, 6.45) is 4.27. The Balaban J connectivity index is 1.76. The summed E-state index contributed by atoms with van der Waals surface area (Å²) in [4.78, 5) is 9.81. The summed E-state index contributed by atoms with van der Waals surface area (Å²) in [6, 6.07) is 23.1. The van der Waals surface area contributed by atoms with Gasteiger partial charge in [0.05, 0.1) is 22.8 Å². The van der Waals surface area contributed by atoms with Crippen LogP contribution in [0.5, 0.6) is 0 Å². The van der Waals surface area contributed by atoms with E-state index in [0.29, 0.717) is 5.92 Å². The van der Waals surface area contributed by atoms with Crippen molar-refractivity contribution in [3.63, 3.8) is 0 Å². The van der Waals surface area contributed by atoms with Gasteiger partial charge in [0.2, 0.25) is 0 Å². The number of hydrogen-bond donors (Lipinski definition) is 1. The Bertz CT molecular complexity index is 1160. The molecule has 3 heterocycles. The van der Waals surface area contributed by atoms with Crippen molar-refractivity contribution in [3.05, 3.63) is 78.6 Å². The minimum Gasteiger partial charge on any atom is -0.338 e. The van der Waals surface area contributed by atoms with E-state index < -0.39 is 0 Å². The van der Waals surface area contributed by atoms with Gasteiger partial charge in [-0.2, -0.15) is 0 Å². The summed E-state index contributed by atoms with van der Waals surface area (Å²) in [7, 11) is 0. The molecular formula is C23H18N4. The van der Waals surface area contributed by atoms with E-state index in [1.165, 1.54) is 29.8 Å². The molecule has 2 aliphatic rings. The Kier molecular flexibility index (Phi) is 3.03. The van der Waals surface area contributed by atoms with E-state index in [-0.39, 0.29) is 0 Å². The number of rotatable bonds is 2. The molecule has 1 N–H and O–H groups in total. The lowest BCUT2D eigenvalue weighted by atomic mass is 10.1. The maximum absolute atomic E-state index is 5.18. The molecule has 0 radical (unpaired) electrons. The maximum Gasteiger partial charge on any atom is 0.154 e. The third kappa shape index (κ3) is 2.23. The number of nitrogens with one attached hydrogen (secondary N) is 1. The normalized spacial score (nSPS) is 14.5. The standard InChI is InChI=1S/C23H18N4/c1-2-7-16(8-3-1)21-20(15-12-13-15)26-23-17-9-4-5-10-18(17)25-22-19(27(21)23)11-6-14-24-22/h1-11,14-15H,12-13H2,(H,24,25). The van der Waals surface area contributed by atoms with Gasteiger partial charge >= 0.3 is 0 Å². The van der Waals surface area contributed by atoms with E-state index in [9.17, 15) is 0 Å². The second kappa shape index (κ2) is 5.55. The fourth-order valence-electron chi connectivity index (χ4n) is 3.96. The first kappa shape index (κ1) is 14.7. The van der Waals surface area contributed by atoms with Crippen molar-refractivity contribution in [2.45, 2.75) is 18.8 Å². The molecule has 4 nitrogen and oxygen atoms in total. The highest BCUT2D eigenvalue weighted by Crippen LogP contribution is 2.48. The summed E-state index contributed by atoms with van der Waals surface area (Å²) in [6.45, 7) is 0. The third-order valence-corrected chi connectivity index (χ3v) is 5.36. The van der Waals surface area contributed by atoms with Crippen LogP contribution in [0.1, 0.15) is 24.5 Å². The maximum atomic E-state index is 5.18. The second-order valence-corrected chi connectivity index (χ2v) is 7.19. The van der Waals surface area contributed by atoms with Crippen LogP contribution in [-0.4, -0.2) is 14.5 Å². The van der Waals surface area contributed by atoms with E-state index in [1.54, 1.807) is 0 Å². The fourth-order valence-corrected chi connectivity index (χ4v) is 3.96. The lowest BCUT2D eigenvalue weighted by Gasteiger charge is -2.13. The molecule has 2 aromatic heterocycles. The van der Waals surface area contributed by atoms with Gasteiger partial charge in [0.15, 0.2) is 5.82 Å². The van der Waals surface area contributed by atoms with Gasteiger partial charge in [-0.15, -0.1) is 0 Å². The molecule has 0 unspecified atom stereocenters. The number of anilines is 2. The van der Waals surface area contributed by atoms with Crippen molar-refractivity contribution in [2.75, 3.05) is 5.32 Å². The SMILES string of the molecule is c1ccc(-c2c(C3CC3)nc3n2-c2cccnc2Nc2ccccc2-3)cc1. The molecule has 6 rings (SSSR count). The minimum absolute atomic E-state index is 0.555. The average Bonchev–Trinajstić information content (AvgIpc) is 3.51. The smallest absolute Gasteiger partial charge is 0.154 e. The Morgan fingerprint density at radius 3 is 2.56 bits per heavy atom. The van der Waals surface area contributed by atoms with Crippen LogP contribution >= 0.6 is 0 Å². The third-order valence-electron chi connectivity index (χ3n) is 5.36. The topological polar surface area (TPSA) is 42.7 Å². The highest BCUT2D eigenvalue weighted by molar-refractivity contribution is 5.86. The Morgan fingerprint density at radius 2 is 1.70 bits per heavy atom. The molecule has 130 valence electrons. The van der Waals surface area contributed by atoms with Crippen LogP contribution in [0.2, 0.25) is 0 Å². The zero-order valence-corrected chi connectivity index (χ0v) is 14.8. The van der Waals surface area contributed by atoms with Crippen LogP contribution in [-0.2, 0) is 0 Å². The summed E-state index contributed by atoms with van der Waals surface area (Å²) in [5.41, 5.74) is 6.81. The monoisotopic (exact) mass is 350 g/mol. The Labute approximate surface area is 157 Å². The molecule has 0 spiro atoms. The Hall–Kier alpha value is -3.40. The quantitative estimate of drug-likeness (QED) is 0.455. The zero-order valence-electron chi connectivity index (χ0n) is 14.8. The number of pyridine rings is 1. The summed E-state index contributed by atoms with van der Waals surface area (Å²) in [5.74, 6) is 2.41. The van der Waals surface area contributed by atoms with Gasteiger partial charge < -0.3 is 5.32 Å². The molecular weight excluding hydrogens is 332 g/mol. The van der Waals surface area contributed by atoms with E-state index in [2.05, 4.69) is 69.5 Å². The average molecular weight is 350 g/mol. The van der Waals surface area contributed by atoms with Gasteiger partial charge in [-0.1, -0.05) is 42.5 Å². The van der Waals surface area contributed by atoms with Crippen LogP contribution in [0.25, 0.3) is 28.3 Å². The van der Waals surface area contributed by atoms with Crippen LogP contribution < -0.4 is 5.32 Å². The highest BCUT2D eigenvalue weighted by atomic mass is 15.2. The molecule has 1 fully saturated rings. The van der Waals surface area contributed by atoms with Gasteiger partial charge in [-0.3, -0.25) is 4.57 Å². The molecule has 27 heavy (non-hydrogen) atoms. The first-order valence-electron chi connectivity index (χ1n) is 9.40. The molecule has 4 heteroatoms. The zero-order chi connectivity index (χ0) is 17.8. The van der Waals surface area contributed by atoms with Gasteiger partial charge in [0.25, 0.3) is 0 Å². The number of imidazole rings is 1. The molecule has 0 bridgehead atoms. The number of aromatic nitrogens is 3. The van der Waals surface area contributed by atoms with Crippen LogP contribution in [0.4, 0.5) is 11.5 Å². The van der Waals surface area contributed by atoms with Crippen molar-refractivity contribution < 1.29 is 0 Å². The predicted molar refractivity (Wildman–Crippen MR) is 107 cm³/mol. The molecule has 0 atom stereocenters. The van der Waals surface area contributed by atoms with E-state index in [4.69, 9.17) is 4.98 Å². The molecule has 1 aliphatic heterocycles. The number of para-hydroxylation sites is 1. The molecule has 0 amide bonds. The van der Waals surface area contributed by atoms with E-state index in [1.807, 2.05) is 18.3 Å².